The number of anilines is 1. The Balaban J connectivity index is 1.76. The minimum atomic E-state index is 0.630. The van der Waals surface area contributed by atoms with Crippen molar-refractivity contribution in [3.8, 4) is 0 Å². The van der Waals surface area contributed by atoms with Crippen molar-refractivity contribution in [2.24, 2.45) is 0 Å². The monoisotopic (exact) mass is 239 g/mol. The number of rotatable bonds is 6. The van der Waals surface area contributed by atoms with Gasteiger partial charge in [0.15, 0.2) is 6.33 Å². The molecule has 0 fully saturated rings. The first kappa shape index (κ1) is 11.0. The van der Waals surface area contributed by atoms with Crippen LogP contribution in [-0.2, 0) is 12.8 Å². The van der Waals surface area contributed by atoms with Gasteiger partial charge in [0.2, 0.25) is 11.0 Å². The summed E-state index contributed by atoms with van der Waals surface area (Å²) in [6.45, 7) is 2.84. The van der Waals surface area contributed by atoms with E-state index in [1.807, 2.05) is 0 Å². The van der Waals surface area contributed by atoms with Gasteiger partial charge < -0.3 is 9.84 Å². The number of hydrogen-bond donors (Lipinski definition) is 1. The van der Waals surface area contributed by atoms with Crippen molar-refractivity contribution in [1.82, 2.24) is 19.5 Å². The van der Waals surface area contributed by atoms with E-state index in [-0.39, 0.29) is 0 Å². The van der Waals surface area contributed by atoms with Crippen LogP contribution < -0.4 is 5.32 Å². The van der Waals surface area contributed by atoms with Gasteiger partial charge in [-0.05, 0) is 6.42 Å². The zero-order valence-electron chi connectivity index (χ0n) is 9.01. The van der Waals surface area contributed by atoms with Crippen molar-refractivity contribution in [1.29, 1.82) is 0 Å². The molecule has 0 saturated heterocycles. The quantitative estimate of drug-likeness (QED) is 0.823. The summed E-state index contributed by atoms with van der Waals surface area (Å²) in [5, 5.41) is 7.57. The highest BCUT2D eigenvalue weighted by atomic mass is 32.1. The molecule has 16 heavy (non-hydrogen) atoms. The fourth-order valence-corrected chi connectivity index (χ4v) is 1.87. The first-order valence-corrected chi connectivity index (χ1v) is 5.98. The van der Waals surface area contributed by atoms with Gasteiger partial charge in [0.05, 0.1) is 0 Å². The molecule has 0 aliphatic rings. The summed E-state index contributed by atoms with van der Waals surface area (Å²) in [5.74, 6) is 1.54. The van der Waals surface area contributed by atoms with E-state index in [9.17, 15) is 0 Å². The molecular formula is C9H13N5OS. The molecule has 0 amide bonds. The minimum absolute atomic E-state index is 0.630. The van der Waals surface area contributed by atoms with Crippen LogP contribution in [0.4, 0.5) is 5.13 Å². The van der Waals surface area contributed by atoms with Gasteiger partial charge in [-0.25, -0.2) is 4.98 Å². The highest BCUT2D eigenvalue weighted by Gasteiger charge is 2.03. The molecule has 2 aromatic heterocycles. The van der Waals surface area contributed by atoms with E-state index in [0.717, 1.165) is 30.3 Å². The fraction of sp³-hybridized carbons (Fsp3) is 0.556. The molecule has 0 saturated carbocycles. The predicted molar refractivity (Wildman–Crippen MR) is 60.4 cm³/mol. The van der Waals surface area contributed by atoms with E-state index in [2.05, 4.69) is 31.7 Å². The van der Waals surface area contributed by atoms with Gasteiger partial charge in [0.1, 0.15) is 5.82 Å². The minimum Gasteiger partial charge on any atom is -0.360 e. The molecule has 0 atom stereocenters. The molecule has 2 rings (SSSR count). The largest absolute Gasteiger partial charge is 0.360 e. The Hall–Kier alpha value is -1.50. The molecule has 2 aromatic rings. The number of nitrogens with one attached hydrogen (secondary N) is 1. The second kappa shape index (κ2) is 5.55. The average Bonchev–Trinajstić information content (AvgIpc) is 2.90. The highest BCUT2D eigenvalue weighted by molar-refractivity contribution is 7.09. The Bertz CT molecular complexity index is 413. The van der Waals surface area contributed by atoms with Crippen LogP contribution in [0.3, 0.4) is 0 Å². The van der Waals surface area contributed by atoms with Crippen molar-refractivity contribution >= 4 is 16.7 Å². The second-order valence-corrected chi connectivity index (χ2v) is 4.03. The number of hydrogen-bond acceptors (Lipinski definition) is 7. The van der Waals surface area contributed by atoms with Gasteiger partial charge in [-0.3, -0.25) is 0 Å². The van der Waals surface area contributed by atoms with Crippen LogP contribution in [0.2, 0.25) is 0 Å². The standard InChI is InChI=1S/C9H13N5OS/c1-2-3-7-13-9(16-14-7)10-5-4-8-11-6-12-15-8/h6H,2-5H2,1H3,(H,10,13,14). The summed E-state index contributed by atoms with van der Waals surface area (Å²) in [4.78, 5) is 8.28. The lowest BCUT2D eigenvalue weighted by molar-refractivity contribution is 0.380. The lowest BCUT2D eigenvalue weighted by Gasteiger charge is -1.97. The second-order valence-electron chi connectivity index (χ2n) is 3.28. The SMILES string of the molecule is CCCc1nsc(NCCc2ncno2)n1. The average molecular weight is 239 g/mol. The van der Waals surface area contributed by atoms with Gasteiger partial charge >= 0.3 is 0 Å². The van der Waals surface area contributed by atoms with E-state index in [1.54, 1.807) is 0 Å². The van der Waals surface area contributed by atoms with Crippen LogP contribution in [-0.4, -0.2) is 26.0 Å². The Morgan fingerprint density at radius 3 is 3.12 bits per heavy atom. The third-order valence-corrected chi connectivity index (χ3v) is 2.67. The van der Waals surface area contributed by atoms with E-state index in [4.69, 9.17) is 4.52 Å². The Morgan fingerprint density at radius 1 is 1.44 bits per heavy atom. The Morgan fingerprint density at radius 2 is 2.38 bits per heavy atom. The van der Waals surface area contributed by atoms with Crippen LogP contribution >= 0.6 is 11.5 Å². The van der Waals surface area contributed by atoms with Gasteiger partial charge in [0.25, 0.3) is 0 Å². The zero-order valence-corrected chi connectivity index (χ0v) is 9.83. The molecule has 0 spiro atoms. The molecule has 0 aliphatic carbocycles. The van der Waals surface area contributed by atoms with E-state index >= 15 is 0 Å². The normalized spacial score (nSPS) is 10.6. The number of aromatic nitrogens is 4. The van der Waals surface area contributed by atoms with Gasteiger partial charge in [0, 0.05) is 30.9 Å². The first-order chi connectivity index (χ1) is 7.88. The lowest BCUT2D eigenvalue weighted by atomic mass is 10.3. The molecule has 0 unspecified atom stereocenters. The molecule has 1 N–H and O–H groups in total. The van der Waals surface area contributed by atoms with Crippen molar-refractivity contribution in [3.63, 3.8) is 0 Å². The van der Waals surface area contributed by atoms with Crippen molar-refractivity contribution in [3.05, 3.63) is 18.0 Å². The van der Waals surface area contributed by atoms with Crippen molar-refractivity contribution in [2.75, 3.05) is 11.9 Å². The lowest BCUT2D eigenvalue weighted by Crippen LogP contribution is -2.04. The molecule has 6 nitrogen and oxygen atoms in total. The molecule has 2 heterocycles. The summed E-state index contributed by atoms with van der Waals surface area (Å²) >= 11 is 1.39. The summed E-state index contributed by atoms with van der Waals surface area (Å²) in [6.07, 6.45) is 4.10. The van der Waals surface area contributed by atoms with Crippen LogP contribution in [0.25, 0.3) is 0 Å². The maximum Gasteiger partial charge on any atom is 0.228 e. The summed E-state index contributed by atoms with van der Waals surface area (Å²) in [5.41, 5.74) is 0. The Labute approximate surface area is 97.3 Å². The maximum atomic E-state index is 4.88. The van der Waals surface area contributed by atoms with E-state index in [1.165, 1.54) is 17.9 Å². The van der Waals surface area contributed by atoms with Gasteiger partial charge in [-0.2, -0.15) is 9.36 Å². The molecule has 86 valence electrons. The van der Waals surface area contributed by atoms with Gasteiger partial charge in [-0.1, -0.05) is 12.1 Å². The maximum absolute atomic E-state index is 4.88. The van der Waals surface area contributed by atoms with E-state index < -0.39 is 0 Å². The van der Waals surface area contributed by atoms with Gasteiger partial charge in [-0.15, -0.1) is 0 Å². The summed E-state index contributed by atoms with van der Waals surface area (Å²) in [6, 6.07) is 0. The van der Waals surface area contributed by atoms with Crippen LogP contribution in [0.5, 0.6) is 0 Å². The smallest absolute Gasteiger partial charge is 0.228 e. The molecule has 0 aliphatic heterocycles. The molecular weight excluding hydrogens is 226 g/mol. The fourth-order valence-electron chi connectivity index (χ4n) is 1.23. The summed E-state index contributed by atoms with van der Waals surface area (Å²) in [7, 11) is 0. The molecule has 0 bridgehead atoms. The van der Waals surface area contributed by atoms with Crippen molar-refractivity contribution in [2.45, 2.75) is 26.2 Å². The predicted octanol–water partition coefficient (Wildman–Crippen LogP) is 1.53. The topological polar surface area (TPSA) is 76.7 Å². The molecule has 0 radical (unpaired) electrons. The Kier molecular flexibility index (Phi) is 3.81. The summed E-state index contributed by atoms with van der Waals surface area (Å²) < 4.78 is 9.12. The highest BCUT2D eigenvalue weighted by Crippen LogP contribution is 2.11. The van der Waals surface area contributed by atoms with Crippen LogP contribution in [0.1, 0.15) is 25.1 Å². The van der Waals surface area contributed by atoms with E-state index in [0.29, 0.717) is 12.3 Å². The molecule has 7 heteroatoms. The third kappa shape index (κ3) is 2.99. The van der Waals surface area contributed by atoms with Crippen LogP contribution in [0, 0.1) is 0 Å². The molecule has 0 aromatic carbocycles. The zero-order chi connectivity index (χ0) is 11.2. The van der Waals surface area contributed by atoms with Crippen LogP contribution in [0.15, 0.2) is 10.9 Å². The first-order valence-electron chi connectivity index (χ1n) is 5.20. The third-order valence-electron chi connectivity index (χ3n) is 1.96. The number of aryl methyl sites for hydroxylation is 1. The number of nitrogens with zero attached hydrogens (tertiary/aromatic N) is 4. The van der Waals surface area contributed by atoms with Crippen molar-refractivity contribution < 1.29 is 4.52 Å².